The number of hydrogen-bond donors (Lipinski definition) is 6. The fraction of sp³-hybridized carbons (Fsp3) is 0.857. The number of nitrogens with two attached hydrogens (primary N) is 2. The van der Waals surface area contributed by atoms with Crippen molar-refractivity contribution >= 4 is 11.9 Å². The average Bonchev–Trinajstić information content (AvgIpc) is 2.54. The van der Waals surface area contributed by atoms with Gasteiger partial charge >= 0.3 is 0 Å². The minimum Gasteiger partial charge on any atom is -0.368 e. The van der Waals surface area contributed by atoms with E-state index in [2.05, 4.69) is 9.98 Å². The first-order valence-electron chi connectivity index (χ1n) is 8.10. The molecule has 0 heterocycles. The molecule has 8 N–H and O–H groups in total. The molecule has 0 unspecified atom stereocenters. The van der Waals surface area contributed by atoms with Gasteiger partial charge in [-0.1, -0.05) is 51.4 Å². The van der Waals surface area contributed by atoms with Crippen molar-refractivity contribution in [1.29, 1.82) is 0 Å². The molecule has 0 amide bonds. The van der Waals surface area contributed by atoms with Crippen LogP contribution < -0.4 is 22.4 Å². The molecule has 0 aliphatic heterocycles. The molecule has 0 saturated carbocycles. The monoisotopic (exact) mass is 316 g/mol. The summed E-state index contributed by atoms with van der Waals surface area (Å²) >= 11 is 0. The first kappa shape index (κ1) is 20.5. The Balaban J connectivity index is 3.15. The maximum absolute atomic E-state index is 8.43. The van der Waals surface area contributed by atoms with Crippen LogP contribution in [0.15, 0.2) is 9.98 Å². The van der Waals surface area contributed by atoms with Crippen LogP contribution in [-0.2, 0) is 0 Å². The van der Waals surface area contributed by atoms with E-state index in [4.69, 9.17) is 21.9 Å². The van der Waals surface area contributed by atoms with Gasteiger partial charge in [-0.15, -0.1) is 0 Å². The Kier molecular flexibility index (Phi) is 14.7. The first-order valence-corrected chi connectivity index (χ1v) is 8.10. The van der Waals surface area contributed by atoms with Crippen molar-refractivity contribution in [3.8, 4) is 0 Å². The Morgan fingerprint density at radius 2 is 0.864 bits per heavy atom. The summed E-state index contributed by atoms with van der Waals surface area (Å²) < 4.78 is 0. The van der Waals surface area contributed by atoms with Gasteiger partial charge in [-0.05, 0) is 12.8 Å². The second kappa shape index (κ2) is 15.8. The lowest BCUT2D eigenvalue weighted by atomic mass is 10.1. The summed E-state index contributed by atoms with van der Waals surface area (Å²) in [6, 6.07) is 0. The Morgan fingerprint density at radius 1 is 0.591 bits per heavy atom. The Hall–Kier alpha value is -1.54. The molecule has 8 nitrogen and oxygen atoms in total. The smallest absolute Gasteiger partial charge is 0.212 e. The van der Waals surface area contributed by atoms with Gasteiger partial charge in [-0.2, -0.15) is 0 Å². The van der Waals surface area contributed by atoms with E-state index >= 15 is 0 Å². The predicted octanol–water partition coefficient (Wildman–Crippen LogP) is 1.47. The molecular formula is C14H32N6O2. The van der Waals surface area contributed by atoms with Gasteiger partial charge < -0.3 is 11.5 Å². The van der Waals surface area contributed by atoms with Gasteiger partial charge in [-0.3, -0.25) is 20.4 Å². The molecule has 0 aromatic heterocycles. The topological polar surface area (TPSA) is 141 Å². The highest BCUT2D eigenvalue weighted by Gasteiger charge is 1.94. The minimum absolute atomic E-state index is 0.0843. The highest BCUT2D eigenvalue weighted by atomic mass is 16.5. The number of nitrogens with one attached hydrogen (secondary N) is 2. The number of hydrogen-bond acceptors (Lipinski definition) is 4. The first-order chi connectivity index (χ1) is 10.7. The largest absolute Gasteiger partial charge is 0.368 e. The quantitative estimate of drug-likeness (QED) is 0.131. The van der Waals surface area contributed by atoms with Crippen LogP contribution in [0.1, 0.15) is 64.2 Å². The molecular weight excluding hydrogens is 284 g/mol. The summed E-state index contributed by atoms with van der Waals surface area (Å²) in [5, 5.41) is 16.9. The van der Waals surface area contributed by atoms with Crippen LogP contribution in [0.5, 0.6) is 0 Å². The molecule has 8 heteroatoms. The molecule has 0 rings (SSSR count). The van der Waals surface area contributed by atoms with E-state index in [9.17, 15) is 0 Å². The van der Waals surface area contributed by atoms with Gasteiger partial charge in [0.1, 0.15) is 0 Å². The van der Waals surface area contributed by atoms with Crippen molar-refractivity contribution < 1.29 is 10.4 Å². The molecule has 0 spiro atoms. The van der Waals surface area contributed by atoms with E-state index in [1.165, 1.54) is 38.5 Å². The number of aliphatic imine (C=N–C) groups is 2. The Morgan fingerprint density at radius 3 is 1.14 bits per heavy atom. The fourth-order valence-electron chi connectivity index (χ4n) is 2.11. The molecule has 0 aliphatic carbocycles. The van der Waals surface area contributed by atoms with Gasteiger partial charge in [-0.25, -0.2) is 11.0 Å². The van der Waals surface area contributed by atoms with Crippen molar-refractivity contribution in [3.05, 3.63) is 0 Å². The van der Waals surface area contributed by atoms with Gasteiger partial charge in [0.2, 0.25) is 11.9 Å². The van der Waals surface area contributed by atoms with Crippen LogP contribution in [-0.4, -0.2) is 35.4 Å². The summed E-state index contributed by atoms with van der Waals surface area (Å²) in [6.07, 6.45) is 11.9. The van der Waals surface area contributed by atoms with Crippen molar-refractivity contribution in [2.75, 3.05) is 13.1 Å². The van der Waals surface area contributed by atoms with Gasteiger partial charge in [0.05, 0.1) is 0 Å². The molecule has 0 fully saturated rings. The van der Waals surface area contributed by atoms with E-state index in [-0.39, 0.29) is 11.9 Å². The zero-order valence-electron chi connectivity index (χ0n) is 13.4. The lowest BCUT2D eigenvalue weighted by Crippen LogP contribution is -2.28. The Bertz CT molecular complexity index is 280. The number of nitrogens with zero attached hydrogens (tertiary/aromatic N) is 2. The number of guanidine groups is 2. The third kappa shape index (κ3) is 14.9. The second-order valence-corrected chi connectivity index (χ2v) is 5.29. The van der Waals surface area contributed by atoms with Crippen molar-refractivity contribution in [2.45, 2.75) is 64.2 Å². The highest BCUT2D eigenvalue weighted by molar-refractivity contribution is 5.76. The summed E-state index contributed by atoms with van der Waals surface area (Å²) in [5.41, 5.74) is 14.2. The van der Waals surface area contributed by atoms with E-state index in [1.807, 2.05) is 11.0 Å². The lowest BCUT2D eigenvalue weighted by molar-refractivity contribution is 0.232. The third-order valence-corrected chi connectivity index (χ3v) is 3.36. The standard InChI is InChI=1S/C14H32N6O2/c15-13(19-21)17-11-9-7-5-3-1-2-4-6-8-10-12-18-14(16)20-22/h21-22H,1-12H2,(H3,15,17,19)(H3,16,18,20). The van der Waals surface area contributed by atoms with Crippen LogP contribution >= 0.6 is 0 Å². The van der Waals surface area contributed by atoms with Crippen molar-refractivity contribution in [3.63, 3.8) is 0 Å². The van der Waals surface area contributed by atoms with Gasteiger partial charge in [0.25, 0.3) is 0 Å². The molecule has 0 atom stereocenters. The number of rotatable bonds is 13. The van der Waals surface area contributed by atoms with Crippen LogP contribution in [0, 0.1) is 0 Å². The molecule has 0 bridgehead atoms. The molecule has 0 radical (unpaired) electrons. The molecule has 0 aliphatic rings. The molecule has 22 heavy (non-hydrogen) atoms. The number of hydroxylamine groups is 2. The third-order valence-electron chi connectivity index (χ3n) is 3.36. The summed E-state index contributed by atoms with van der Waals surface area (Å²) in [6.45, 7) is 1.33. The summed E-state index contributed by atoms with van der Waals surface area (Å²) in [4.78, 5) is 7.88. The fourth-order valence-corrected chi connectivity index (χ4v) is 2.11. The highest BCUT2D eigenvalue weighted by Crippen LogP contribution is 2.10. The maximum Gasteiger partial charge on any atom is 0.212 e. The average molecular weight is 316 g/mol. The minimum atomic E-state index is 0.0843. The molecule has 0 aromatic rings. The van der Waals surface area contributed by atoms with Gasteiger partial charge in [0.15, 0.2) is 0 Å². The van der Waals surface area contributed by atoms with Crippen LogP contribution in [0.4, 0.5) is 0 Å². The van der Waals surface area contributed by atoms with Crippen molar-refractivity contribution in [2.24, 2.45) is 21.5 Å². The van der Waals surface area contributed by atoms with Crippen LogP contribution in [0.2, 0.25) is 0 Å². The molecule has 0 saturated heterocycles. The van der Waals surface area contributed by atoms with E-state index < -0.39 is 0 Å². The van der Waals surface area contributed by atoms with Crippen molar-refractivity contribution in [1.82, 2.24) is 11.0 Å². The number of unbranched alkanes of at least 4 members (excludes halogenated alkanes) is 9. The maximum atomic E-state index is 8.43. The zero-order chi connectivity index (χ0) is 16.5. The lowest BCUT2D eigenvalue weighted by Gasteiger charge is -2.02. The van der Waals surface area contributed by atoms with Gasteiger partial charge in [0, 0.05) is 13.1 Å². The van der Waals surface area contributed by atoms with Crippen LogP contribution in [0.25, 0.3) is 0 Å². The normalized spacial score (nSPS) is 12.5. The SMILES string of the molecule is NC(=NCCCCCCCCCCCCN=C(N)NO)NO. The summed E-state index contributed by atoms with van der Waals surface area (Å²) in [5.74, 6) is 0.169. The summed E-state index contributed by atoms with van der Waals surface area (Å²) in [7, 11) is 0. The van der Waals surface area contributed by atoms with E-state index in [1.54, 1.807) is 0 Å². The van der Waals surface area contributed by atoms with E-state index in [0.29, 0.717) is 13.1 Å². The molecule has 130 valence electrons. The molecule has 0 aromatic carbocycles. The Labute approximate surface area is 133 Å². The predicted molar refractivity (Wildman–Crippen MR) is 89.0 cm³/mol. The second-order valence-electron chi connectivity index (χ2n) is 5.29. The van der Waals surface area contributed by atoms with E-state index in [0.717, 1.165) is 25.7 Å². The van der Waals surface area contributed by atoms with Crippen LogP contribution in [0.3, 0.4) is 0 Å². The zero-order valence-corrected chi connectivity index (χ0v) is 13.4.